The summed E-state index contributed by atoms with van der Waals surface area (Å²) in [5, 5.41) is 0. The summed E-state index contributed by atoms with van der Waals surface area (Å²) >= 11 is 0. The Labute approximate surface area is 207 Å². The molecular formula is C30H31NO4. The highest BCUT2D eigenvalue weighted by Crippen LogP contribution is 2.28. The van der Waals surface area contributed by atoms with Crippen LogP contribution in [0.15, 0.2) is 84.9 Å². The van der Waals surface area contributed by atoms with Crippen molar-refractivity contribution < 1.29 is 19.1 Å². The van der Waals surface area contributed by atoms with Crippen molar-refractivity contribution in [2.75, 3.05) is 26.3 Å². The second-order valence-corrected chi connectivity index (χ2v) is 9.34. The highest BCUT2D eigenvalue weighted by molar-refractivity contribution is 6.03. The van der Waals surface area contributed by atoms with Crippen molar-refractivity contribution in [3.63, 3.8) is 0 Å². The SMILES string of the molecule is C=C(C)C(=O)Oc1ccc(-c2ccc(-c3ccc(C(=O)C(C)(C)N4CCOCC4)cc3)cc2)cc1. The van der Waals surface area contributed by atoms with Gasteiger partial charge in [-0.3, -0.25) is 9.69 Å². The number of nitrogens with zero attached hydrogens (tertiary/aromatic N) is 1. The molecule has 0 radical (unpaired) electrons. The number of esters is 1. The molecule has 5 nitrogen and oxygen atoms in total. The molecule has 0 atom stereocenters. The molecule has 0 unspecified atom stereocenters. The standard InChI is InChI=1S/C30H31NO4/c1-21(2)29(33)35-27-15-13-25(14-16-27)23-7-5-22(6-8-23)24-9-11-26(12-10-24)28(32)30(3,4)31-17-19-34-20-18-31/h5-16H,1,17-20H2,2-4H3. The van der Waals surface area contributed by atoms with E-state index in [9.17, 15) is 9.59 Å². The third-order valence-electron chi connectivity index (χ3n) is 6.47. The van der Waals surface area contributed by atoms with Gasteiger partial charge in [0.1, 0.15) is 5.75 Å². The second kappa shape index (κ2) is 10.4. The maximum atomic E-state index is 13.2. The van der Waals surface area contributed by atoms with Crippen LogP contribution in [0.25, 0.3) is 22.3 Å². The van der Waals surface area contributed by atoms with Crippen LogP contribution in [0.5, 0.6) is 5.75 Å². The van der Waals surface area contributed by atoms with Crippen molar-refractivity contribution in [1.29, 1.82) is 0 Å². The minimum absolute atomic E-state index is 0.124. The predicted molar refractivity (Wildman–Crippen MR) is 139 cm³/mol. The van der Waals surface area contributed by atoms with Gasteiger partial charge in [-0.05, 0) is 55.2 Å². The molecule has 1 heterocycles. The van der Waals surface area contributed by atoms with Gasteiger partial charge >= 0.3 is 5.97 Å². The lowest BCUT2D eigenvalue weighted by Gasteiger charge is -2.39. The van der Waals surface area contributed by atoms with Crippen molar-refractivity contribution >= 4 is 11.8 Å². The molecule has 1 fully saturated rings. The lowest BCUT2D eigenvalue weighted by Crippen LogP contribution is -2.54. The van der Waals surface area contributed by atoms with Gasteiger partial charge < -0.3 is 9.47 Å². The molecule has 1 aliphatic rings. The number of Topliss-reactive ketones (excluding diaryl/α,β-unsaturated/α-hetero) is 1. The van der Waals surface area contributed by atoms with Crippen molar-refractivity contribution in [2.24, 2.45) is 0 Å². The summed E-state index contributed by atoms with van der Waals surface area (Å²) in [7, 11) is 0. The quantitative estimate of drug-likeness (QED) is 0.190. The molecule has 0 bridgehead atoms. The van der Waals surface area contributed by atoms with Crippen LogP contribution in [0.1, 0.15) is 31.1 Å². The molecule has 0 aromatic heterocycles. The lowest BCUT2D eigenvalue weighted by molar-refractivity contribution is -0.130. The Hall–Kier alpha value is -3.54. The average molecular weight is 470 g/mol. The number of carbonyl (C=O) groups excluding carboxylic acids is 2. The first-order chi connectivity index (χ1) is 16.8. The van der Waals surface area contributed by atoms with E-state index in [1.54, 1.807) is 19.1 Å². The van der Waals surface area contributed by atoms with Crippen LogP contribution < -0.4 is 4.74 Å². The summed E-state index contributed by atoms with van der Waals surface area (Å²) < 4.78 is 10.7. The molecule has 3 aromatic carbocycles. The molecule has 0 saturated carbocycles. The molecule has 1 aliphatic heterocycles. The molecule has 5 heteroatoms. The highest BCUT2D eigenvalue weighted by Gasteiger charge is 2.35. The van der Waals surface area contributed by atoms with Gasteiger partial charge in [0.05, 0.1) is 18.8 Å². The van der Waals surface area contributed by atoms with E-state index in [1.807, 2.05) is 50.2 Å². The van der Waals surface area contributed by atoms with Gasteiger partial charge in [0, 0.05) is 24.2 Å². The predicted octanol–water partition coefficient (Wildman–Crippen LogP) is 5.80. The summed E-state index contributed by atoms with van der Waals surface area (Å²) in [4.78, 5) is 27.1. The zero-order chi connectivity index (χ0) is 25.0. The fraction of sp³-hybridized carbons (Fsp3) is 0.267. The second-order valence-electron chi connectivity index (χ2n) is 9.34. The highest BCUT2D eigenvalue weighted by atomic mass is 16.5. The van der Waals surface area contributed by atoms with E-state index in [1.165, 1.54) is 0 Å². The summed E-state index contributed by atoms with van der Waals surface area (Å²) in [5.41, 5.74) is 4.73. The van der Waals surface area contributed by atoms with Gasteiger partial charge in [-0.15, -0.1) is 0 Å². The van der Waals surface area contributed by atoms with Gasteiger partial charge in [0.25, 0.3) is 0 Å². The Morgan fingerprint density at radius 3 is 1.69 bits per heavy atom. The normalized spacial score (nSPS) is 14.4. The van der Waals surface area contributed by atoms with Crippen LogP contribution in [-0.4, -0.2) is 48.5 Å². The van der Waals surface area contributed by atoms with E-state index in [4.69, 9.17) is 9.47 Å². The minimum Gasteiger partial charge on any atom is -0.423 e. The molecule has 3 aromatic rings. The van der Waals surface area contributed by atoms with Gasteiger partial charge in [-0.2, -0.15) is 0 Å². The van der Waals surface area contributed by atoms with Crippen molar-refractivity contribution in [1.82, 2.24) is 4.90 Å². The van der Waals surface area contributed by atoms with Crippen molar-refractivity contribution in [3.8, 4) is 28.0 Å². The molecule has 0 amide bonds. The largest absolute Gasteiger partial charge is 0.423 e. The number of hydrogen-bond acceptors (Lipinski definition) is 5. The average Bonchev–Trinajstić information content (AvgIpc) is 2.89. The van der Waals surface area contributed by atoms with Gasteiger partial charge in [-0.25, -0.2) is 4.79 Å². The molecular weight excluding hydrogens is 438 g/mol. The zero-order valence-electron chi connectivity index (χ0n) is 20.5. The third-order valence-corrected chi connectivity index (χ3v) is 6.47. The van der Waals surface area contributed by atoms with Crippen molar-refractivity contribution in [2.45, 2.75) is 26.3 Å². The Bertz CT molecular complexity index is 1200. The number of ketones is 1. The maximum Gasteiger partial charge on any atom is 0.338 e. The third kappa shape index (κ3) is 5.59. The van der Waals surface area contributed by atoms with Crippen molar-refractivity contribution in [3.05, 3.63) is 90.5 Å². The summed E-state index contributed by atoms with van der Waals surface area (Å²) in [6.45, 7) is 12.1. The molecule has 0 spiro atoms. The minimum atomic E-state index is -0.564. The van der Waals surface area contributed by atoms with Crippen LogP contribution in [0, 0.1) is 0 Å². The zero-order valence-corrected chi connectivity index (χ0v) is 20.5. The first kappa shape index (κ1) is 24.6. The Morgan fingerprint density at radius 2 is 1.23 bits per heavy atom. The number of carbonyl (C=O) groups is 2. The lowest BCUT2D eigenvalue weighted by atomic mass is 9.90. The van der Waals surface area contributed by atoms with Crippen LogP contribution in [0.4, 0.5) is 0 Å². The van der Waals surface area contributed by atoms with E-state index in [2.05, 4.69) is 35.7 Å². The maximum absolute atomic E-state index is 13.2. The first-order valence-corrected chi connectivity index (χ1v) is 11.8. The van der Waals surface area contributed by atoms with E-state index in [0.29, 0.717) is 30.1 Å². The molecule has 180 valence electrons. The molecule has 0 N–H and O–H groups in total. The van der Waals surface area contributed by atoms with Gasteiger partial charge in [0.2, 0.25) is 0 Å². The van der Waals surface area contributed by atoms with Gasteiger partial charge in [0.15, 0.2) is 5.78 Å². The summed E-state index contributed by atoms with van der Waals surface area (Å²) in [5.74, 6) is 0.183. The number of morpholine rings is 1. The number of benzene rings is 3. The Balaban J connectivity index is 1.44. The van der Waals surface area contributed by atoms with E-state index >= 15 is 0 Å². The Morgan fingerprint density at radius 1 is 0.800 bits per heavy atom. The smallest absolute Gasteiger partial charge is 0.338 e. The fourth-order valence-electron chi connectivity index (χ4n) is 4.20. The van der Waals surface area contributed by atoms with Crippen LogP contribution in [0.3, 0.4) is 0 Å². The molecule has 1 saturated heterocycles. The molecule has 0 aliphatic carbocycles. The van der Waals surface area contributed by atoms with Crippen LogP contribution >= 0.6 is 0 Å². The molecule has 4 rings (SSSR count). The topological polar surface area (TPSA) is 55.8 Å². The summed E-state index contributed by atoms with van der Waals surface area (Å²) in [6.07, 6.45) is 0. The number of hydrogen-bond donors (Lipinski definition) is 0. The van der Waals surface area contributed by atoms with E-state index < -0.39 is 11.5 Å². The van der Waals surface area contributed by atoms with Crippen LogP contribution in [-0.2, 0) is 9.53 Å². The van der Waals surface area contributed by atoms with Crippen LogP contribution in [0.2, 0.25) is 0 Å². The first-order valence-electron chi connectivity index (χ1n) is 11.8. The van der Waals surface area contributed by atoms with E-state index in [0.717, 1.165) is 35.3 Å². The number of ether oxygens (including phenoxy) is 2. The van der Waals surface area contributed by atoms with Gasteiger partial charge in [-0.1, -0.05) is 67.2 Å². The summed E-state index contributed by atoms with van der Waals surface area (Å²) in [6, 6.07) is 23.5. The monoisotopic (exact) mass is 469 g/mol. The van der Waals surface area contributed by atoms with E-state index in [-0.39, 0.29) is 5.78 Å². The Kier molecular flexibility index (Phi) is 7.29. The fourth-order valence-corrected chi connectivity index (χ4v) is 4.20. The number of rotatable bonds is 7. The molecule has 35 heavy (non-hydrogen) atoms.